The summed E-state index contributed by atoms with van der Waals surface area (Å²) in [6.07, 6.45) is 2.99. The number of rotatable bonds is 7. The van der Waals surface area contributed by atoms with E-state index in [9.17, 15) is 9.59 Å². The molecule has 0 radical (unpaired) electrons. The summed E-state index contributed by atoms with van der Waals surface area (Å²) >= 11 is 0. The van der Waals surface area contributed by atoms with Crippen LogP contribution in [-0.2, 0) is 11.2 Å². The molecule has 4 rings (SSSR count). The van der Waals surface area contributed by atoms with Gasteiger partial charge in [-0.15, -0.1) is 0 Å². The molecule has 2 heterocycles. The van der Waals surface area contributed by atoms with Crippen LogP contribution in [0.1, 0.15) is 33.8 Å². The largest absolute Gasteiger partial charge is 0.493 e. The van der Waals surface area contributed by atoms with Gasteiger partial charge in [-0.05, 0) is 53.8 Å². The number of ether oxygens (including phenoxy) is 3. The molecule has 2 atom stereocenters. The second-order valence-corrected chi connectivity index (χ2v) is 7.73. The van der Waals surface area contributed by atoms with Gasteiger partial charge in [0.2, 0.25) is 17.6 Å². The van der Waals surface area contributed by atoms with Crippen LogP contribution in [0, 0.1) is 5.92 Å². The molecule has 0 saturated heterocycles. The number of benzene rings is 2. The average molecular weight is 435 g/mol. The smallest absolute Gasteiger partial charge is 0.248 e. The minimum absolute atomic E-state index is 0.0464. The van der Waals surface area contributed by atoms with Crippen LogP contribution in [0.4, 0.5) is 0 Å². The second kappa shape index (κ2) is 8.74. The summed E-state index contributed by atoms with van der Waals surface area (Å²) in [7, 11) is 4.72. The lowest BCUT2D eigenvalue weighted by Crippen LogP contribution is -2.23. The van der Waals surface area contributed by atoms with E-state index in [4.69, 9.17) is 19.9 Å². The van der Waals surface area contributed by atoms with E-state index in [2.05, 4.69) is 10.3 Å². The predicted molar refractivity (Wildman–Crippen MR) is 119 cm³/mol. The molecule has 2 amide bonds. The third kappa shape index (κ3) is 3.91. The van der Waals surface area contributed by atoms with Crippen molar-refractivity contribution in [3.05, 3.63) is 64.5 Å². The van der Waals surface area contributed by atoms with Crippen molar-refractivity contribution in [2.75, 3.05) is 21.3 Å². The molecule has 0 spiro atoms. The molecule has 8 nitrogen and oxygen atoms in total. The number of carbonyl (C=O) groups excluding carboxylic acids is 2. The van der Waals surface area contributed by atoms with Gasteiger partial charge in [0.1, 0.15) is 5.82 Å². The molecule has 2 aliphatic heterocycles. The standard InChI is InChI=1S/C24H25N3O5/c1-30-19-10-15(11-20(31-2)21(19)32-3)16-9-17-18(24(29)27-23(17)26-12-16)8-13-4-6-14(7-5-13)22(25)28/h4-7,10-12,16,18H,8-9H2,1-3H3,(H2,25,28)(H,27,29). The lowest BCUT2D eigenvalue weighted by Gasteiger charge is -2.22. The van der Waals surface area contributed by atoms with E-state index in [1.807, 2.05) is 30.5 Å². The van der Waals surface area contributed by atoms with Crippen molar-refractivity contribution in [1.82, 2.24) is 5.32 Å². The maximum Gasteiger partial charge on any atom is 0.248 e. The van der Waals surface area contributed by atoms with Gasteiger partial charge in [0.05, 0.1) is 27.2 Å². The van der Waals surface area contributed by atoms with E-state index in [1.54, 1.807) is 33.5 Å². The van der Waals surface area contributed by atoms with Crippen LogP contribution >= 0.6 is 0 Å². The summed E-state index contributed by atoms with van der Waals surface area (Å²) in [5, 5.41) is 2.89. The van der Waals surface area contributed by atoms with Gasteiger partial charge in [0, 0.05) is 17.7 Å². The molecule has 0 fully saturated rings. The number of nitrogens with one attached hydrogen (secondary N) is 1. The van der Waals surface area contributed by atoms with E-state index >= 15 is 0 Å². The summed E-state index contributed by atoms with van der Waals surface area (Å²) in [6, 6.07) is 10.8. The maximum atomic E-state index is 12.7. The van der Waals surface area contributed by atoms with E-state index in [0.717, 1.165) is 16.7 Å². The third-order valence-corrected chi connectivity index (χ3v) is 5.90. The van der Waals surface area contributed by atoms with Crippen molar-refractivity contribution in [3.63, 3.8) is 0 Å². The molecular weight excluding hydrogens is 410 g/mol. The van der Waals surface area contributed by atoms with Gasteiger partial charge >= 0.3 is 0 Å². The molecule has 32 heavy (non-hydrogen) atoms. The number of aliphatic imine (C=N–C) groups is 1. The Morgan fingerprint density at radius 3 is 2.31 bits per heavy atom. The zero-order chi connectivity index (χ0) is 22.8. The molecule has 0 aliphatic carbocycles. The highest BCUT2D eigenvalue weighted by Gasteiger charge is 2.36. The minimum Gasteiger partial charge on any atom is -0.493 e. The van der Waals surface area contributed by atoms with Crippen LogP contribution in [-0.4, -0.2) is 39.4 Å². The number of hydrogen-bond donors (Lipinski definition) is 2. The highest BCUT2D eigenvalue weighted by Crippen LogP contribution is 2.43. The van der Waals surface area contributed by atoms with Crippen LogP contribution in [0.2, 0.25) is 0 Å². The molecular formula is C24H25N3O5. The number of hydrogen-bond acceptors (Lipinski definition) is 6. The topological polar surface area (TPSA) is 112 Å². The Morgan fingerprint density at radius 1 is 1.09 bits per heavy atom. The van der Waals surface area contributed by atoms with Crippen molar-refractivity contribution in [3.8, 4) is 17.2 Å². The Bertz CT molecular complexity index is 1100. The van der Waals surface area contributed by atoms with E-state index in [1.165, 1.54) is 0 Å². The lowest BCUT2D eigenvalue weighted by molar-refractivity contribution is -0.122. The predicted octanol–water partition coefficient (Wildman–Crippen LogP) is 2.57. The molecule has 3 N–H and O–H groups in total. The lowest BCUT2D eigenvalue weighted by atomic mass is 9.83. The number of primary amides is 1. The second-order valence-electron chi connectivity index (χ2n) is 7.73. The number of nitrogens with zero attached hydrogens (tertiary/aromatic N) is 1. The van der Waals surface area contributed by atoms with Gasteiger partial charge in [0.15, 0.2) is 11.5 Å². The monoisotopic (exact) mass is 435 g/mol. The first kappa shape index (κ1) is 21.4. The average Bonchev–Trinajstić information content (AvgIpc) is 3.12. The van der Waals surface area contributed by atoms with Crippen LogP contribution in [0.25, 0.3) is 0 Å². The van der Waals surface area contributed by atoms with Crippen LogP contribution in [0.5, 0.6) is 17.2 Å². The quantitative estimate of drug-likeness (QED) is 0.694. The molecule has 2 aromatic carbocycles. The summed E-state index contributed by atoms with van der Waals surface area (Å²) in [4.78, 5) is 28.5. The molecule has 0 saturated carbocycles. The maximum absolute atomic E-state index is 12.7. The van der Waals surface area contributed by atoms with Gasteiger partial charge in [-0.25, -0.2) is 4.99 Å². The fourth-order valence-corrected chi connectivity index (χ4v) is 4.19. The number of carbonyl (C=O) groups is 2. The van der Waals surface area contributed by atoms with E-state index < -0.39 is 5.91 Å². The molecule has 2 aromatic rings. The van der Waals surface area contributed by atoms with Crippen LogP contribution < -0.4 is 25.3 Å². The van der Waals surface area contributed by atoms with Crippen molar-refractivity contribution < 1.29 is 23.8 Å². The first-order valence-electron chi connectivity index (χ1n) is 10.2. The molecule has 2 unspecified atom stereocenters. The Morgan fingerprint density at radius 2 is 1.75 bits per heavy atom. The van der Waals surface area contributed by atoms with Crippen LogP contribution in [0.15, 0.2) is 52.8 Å². The normalized spacial score (nSPS) is 19.4. The van der Waals surface area contributed by atoms with Gasteiger partial charge in [-0.2, -0.15) is 0 Å². The number of nitrogens with two attached hydrogens (primary N) is 1. The molecule has 2 aliphatic rings. The molecule has 166 valence electrons. The van der Waals surface area contributed by atoms with Crippen LogP contribution in [0.3, 0.4) is 0 Å². The Hall–Kier alpha value is -3.81. The van der Waals surface area contributed by atoms with Gasteiger partial charge in [0.25, 0.3) is 0 Å². The number of amides is 2. The fourth-order valence-electron chi connectivity index (χ4n) is 4.19. The molecule has 0 bridgehead atoms. The van der Waals surface area contributed by atoms with Crippen molar-refractivity contribution in [2.24, 2.45) is 16.6 Å². The van der Waals surface area contributed by atoms with E-state index in [0.29, 0.717) is 41.5 Å². The van der Waals surface area contributed by atoms with E-state index in [-0.39, 0.29) is 17.7 Å². The molecule has 0 aromatic heterocycles. The highest BCUT2D eigenvalue weighted by molar-refractivity contribution is 5.93. The van der Waals surface area contributed by atoms with Crippen molar-refractivity contribution in [1.29, 1.82) is 0 Å². The summed E-state index contributed by atoms with van der Waals surface area (Å²) in [6.45, 7) is 0. The Balaban J connectivity index is 1.59. The summed E-state index contributed by atoms with van der Waals surface area (Å²) in [5.74, 6) is 1.37. The Kier molecular flexibility index (Phi) is 5.85. The summed E-state index contributed by atoms with van der Waals surface area (Å²) < 4.78 is 16.4. The van der Waals surface area contributed by atoms with Gasteiger partial charge < -0.3 is 25.3 Å². The SMILES string of the molecule is COc1cc(C2C=NC3=C(C2)C(Cc2ccc(C(N)=O)cc2)C(=O)N3)cc(OC)c1OC. The van der Waals surface area contributed by atoms with Gasteiger partial charge in [-0.3, -0.25) is 9.59 Å². The first-order valence-corrected chi connectivity index (χ1v) is 10.2. The zero-order valence-corrected chi connectivity index (χ0v) is 18.2. The van der Waals surface area contributed by atoms with Crippen molar-refractivity contribution >= 4 is 18.0 Å². The minimum atomic E-state index is -0.477. The first-order chi connectivity index (χ1) is 15.4. The summed E-state index contributed by atoms with van der Waals surface area (Å²) in [5.41, 5.74) is 8.63. The Labute approximate surface area is 186 Å². The zero-order valence-electron chi connectivity index (χ0n) is 18.2. The highest BCUT2D eigenvalue weighted by atomic mass is 16.5. The molecule has 8 heteroatoms. The van der Waals surface area contributed by atoms with Gasteiger partial charge in [-0.1, -0.05) is 12.1 Å². The van der Waals surface area contributed by atoms with Crippen molar-refractivity contribution in [2.45, 2.75) is 18.8 Å². The third-order valence-electron chi connectivity index (χ3n) is 5.90. The fraction of sp³-hybridized carbons (Fsp3) is 0.292. The number of methoxy groups -OCH3 is 3.